The lowest BCUT2D eigenvalue weighted by molar-refractivity contribution is 0.283. The topological polar surface area (TPSA) is 30.5 Å². The van der Waals surface area contributed by atoms with Crippen molar-refractivity contribution in [3.8, 4) is 11.5 Å². The Balaban J connectivity index is 1.91. The quantitative estimate of drug-likeness (QED) is 0.864. The first-order valence-corrected chi connectivity index (χ1v) is 8.09. The maximum Gasteiger partial charge on any atom is 0.160 e. The van der Waals surface area contributed by atoms with Crippen LogP contribution in [0.1, 0.15) is 45.1 Å². The normalized spacial score (nSPS) is 23.6. The fourth-order valence-electron chi connectivity index (χ4n) is 3.41. The maximum atomic E-state index is 5.38. The molecule has 0 aromatic heterocycles. The molecule has 118 valence electrons. The first-order chi connectivity index (χ1) is 10.1. The van der Waals surface area contributed by atoms with Crippen molar-refractivity contribution in [2.75, 3.05) is 14.2 Å². The van der Waals surface area contributed by atoms with Gasteiger partial charge in [-0.1, -0.05) is 25.8 Å². The summed E-state index contributed by atoms with van der Waals surface area (Å²) in [4.78, 5) is 0. The van der Waals surface area contributed by atoms with Gasteiger partial charge in [-0.2, -0.15) is 0 Å². The fourth-order valence-corrected chi connectivity index (χ4v) is 3.41. The van der Waals surface area contributed by atoms with E-state index in [4.69, 9.17) is 9.47 Å². The van der Waals surface area contributed by atoms with Crippen LogP contribution in [0.2, 0.25) is 0 Å². The summed E-state index contributed by atoms with van der Waals surface area (Å²) in [6, 6.07) is 7.37. The highest BCUT2D eigenvalue weighted by Crippen LogP contribution is 2.28. The molecule has 1 fully saturated rings. The Labute approximate surface area is 129 Å². The van der Waals surface area contributed by atoms with Crippen molar-refractivity contribution in [3.63, 3.8) is 0 Å². The molecule has 0 radical (unpaired) electrons. The van der Waals surface area contributed by atoms with Crippen LogP contribution < -0.4 is 14.8 Å². The molecule has 3 nitrogen and oxygen atoms in total. The molecule has 3 atom stereocenters. The zero-order valence-corrected chi connectivity index (χ0v) is 13.8. The number of methoxy groups -OCH3 is 2. The second kappa shape index (κ2) is 7.69. The lowest BCUT2D eigenvalue weighted by Crippen LogP contribution is -2.40. The van der Waals surface area contributed by atoms with Gasteiger partial charge in [-0.3, -0.25) is 0 Å². The van der Waals surface area contributed by atoms with Crippen LogP contribution in [0.3, 0.4) is 0 Å². The first-order valence-electron chi connectivity index (χ1n) is 8.09. The van der Waals surface area contributed by atoms with Gasteiger partial charge >= 0.3 is 0 Å². The minimum Gasteiger partial charge on any atom is -0.493 e. The Morgan fingerprint density at radius 3 is 2.62 bits per heavy atom. The van der Waals surface area contributed by atoms with E-state index in [1.807, 2.05) is 6.07 Å². The zero-order valence-electron chi connectivity index (χ0n) is 13.8. The molecule has 21 heavy (non-hydrogen) atoms. The summed E-state index contributed by atoms with van der Waals surface area (Å²) >= 11 is 0. The van der Waals surface area contributed by atoms with Crippen LogP contribution in [0.25, 0.3) is 0 Å². The Morgan fingerprint density at radius 1 is 1.19 bits per heavy atom. The average molecular weight is 291 g/mol. The molecule has 0 amide bonds. The van der Waals surface area contributed by atoms with Crippen LogP contribution in [0.15, 0.2) is 18.2 Å². The number of nitrogens with one attached hydrogen (secondary N) is 1. The van der Waals surface area contributed by atoms with E-state index in [1.165, 1.54) is 31.2 Å². The molecule has 1 N–H and O–H groups in total. The Hall–Kier alpha value is -1.22. The van der Waals surface area contributed by atoms with E-state index in [0.29, 0.717) is 12.1 Å². The third-order valence-electron chi connectivity index (χ3n) is 4.45. The summed E-state index contributed by atoms with van der Waals surface area (Å²) in [5.74, 6) is 2.47. The number of ether oxygens (including phenoxy) is 2. The fraction of sp³-hybridized carbons (Fsp3) is 0.667. The molecular formula is C18H29NO2. The van der Waals surface area contributed by atoms with Gasteiger partial charge in [-0.25, -0.2) is 0 Å². The van der Waals surface area contributed by atoms with Crippen LogP contribution in [-0.4, -0.2) is 26.3 Å². The number of rotatable bonds is 6. The van der Waals surface area contributed by atoms with Gasteiger partial charge in [0, 0.05) is 12.1 Å². The standard InChI is InChI=1S/C18H29NO2/c1-13-6-5-7-16(10-13)19-14(2)11-15-8-9-17(20-3)18(12-15)21-4/h8-9,12-14,16,19H,5-7,10-11H2,1-4H3. The molecule has 0 aliphatic heterocycles. The molecule has 0 saturated heterocycles. The monoisotopic (exact) mass is 291 g/mol. The predicted molar refractivity (Wildman–Crippen MR) is 87.3 cm³/mol. The lowest BCUT2D eigenvalue weighted by Gasteiger charge is -2.30. The minimum atomic E-state index is 0.485. The van der Waals surface area contributed by atoms with E-state index in [9.17, 15) is 0 Å². The van der Waals surface area contributed by atoms with Gasteiger partial charge in [-0.05, 0) is 49.8 Å². The van der Waals surface area contributed by atoms with Crippen LogP contribution in [-0.2, 0) is 6.42 Å². The van der Waals surface area contributed by atoms with E-state index in [1.54, 1.807) is 14.2 Å². The van der Waals surface area contributed by atoms with Crippen LogP contribution >= 0.6 is 0 Å². The highest BCUT2D eigenvalue weighted by molar-refractivity contribution is 5.43. The molecule has 2 rings (SSSR count). The van der Waals surface area contributed by atoms with Gasteiger partial charge in [0.25, 0.3) is 0 Å². The summed E-state index contributed by atoms with van der Waals surface area (Å²) in [5.41, 5.74) is 1.29. The molecule has 0 spiro atoms. The SMILES string of the molecule is COc1ccc(CC(C)NC2CCCC(C)C2)cc1OC. The maximum absolute atomic E-state index is 5.38. The second-order valence-electron chi connectivity index (χ2n) is 6.43. The summed E-state index contributed by atoms with van der Waals surface area (Å²) in [6.07, 6.45) is 6.41. The van der Waals surface area contributed by atoms with Crippen LogP contribution in [0.5, 0.6) is 11.5 Å². The summed E-state index contributed by atoms with van der Waals surface area (Å²) in [5, 5.41) is 3.79. The van der Waals surface area contributed by atoms with Gasteiger partial charge in [-0.15, -0.1) is 0 Å². The van der Waals surface area contributed by atoms with Crippen molar-refractivity contribution in [2.24, 2.45) is 5.92 Å². The molecule has 0 heterocycles. The number of hydrogen-bond acceptors (Lipinski definition) is 3. The molecule has 1 aromatic rings. The third-order valence-corrected chi connectivity index (χ3v) is 4.45. The van der Waals surface area contributed by atoms with Gasteiger partial charge in [0.2, 0.25) is 0 Å². The minimum absolute atomic E-state index is 0.485. The molecule has 0 bridgehead atoms. The van der Waals surface area contributed by atoms with E-state index < -0.39 is 0 Å². The first kappa shape index (κ1) is 16.2. The molecule has 3 heteroatoms. The summed E-state index contributed by atoms with van der Waals surface area (Å²) in [7, 11) is 3.36. The lowest BCUT2D eigenvalue weighted by atomic mass is 9.86. The van der Waals surface area contributed by atoms with Gasteiger partial charge in [0.1, 0.15) is 0 Å². The van der Waals surface area contributed by atoms with E-state index in [-0.39, 0.29) is 0 Å². The van der Waals surface area contributed by atoms with E-state index >= 15 is 0 Å². The van der Waals surface area contributed by atoms with Crippen LogP contribution in [0, 0.1) is 5.92 Å². The highest BCUT2D eigenvalue weighted by atomic mass is 16.5. The largest absolute Gasteiger partial charge is 0.493 e. The number of hydrogen-bond donors (Lipinski definition) is 1. The Morgan fingerprint density at radius 2 is 1.95 bits per heavy atom. The molecular weight excluding hydrogens is 262 g/mol. The molecule has 1 saturated carbocycles. The zero-order chi connectivity index (χ0) is 15.2. The second-order valence-corrected chi connectivity index (χ2v) is 6.43. The van der Waals surface area contributed by atoms with Gasteiger partial charge in [0.05, 0.1) is 14.2 Å². The predicted octanol–water partition coefficient (Wildman–Crippen LogP) is 3.80. The average Bonchev–Trinajstić information content (AvgIpc) is 2.47. The molecule has 1 aromatic carbocycles. The smallest absolute Gasteiger partial charge is 0.160 e. The molecule has 3 unspecified atom stereocenters. The third kappa shape index (κ3) is 4.63. The number of benzene rings is 1. The van der Waals surface area contributed by atoms with Crippen molar-refractivity contribution >= 4 is 0 Å². The van der Waals surface area contributed by atoms with E-state index in [0.717, 1.165) is 23.8 Å². The van der Waals surface area contributed by atoms with Crippen LogP contribution in [0.4, 0.5) is 0 Å². The van der Waals surface area contributed by atoms with E-state index in [2.05, 4.69) is 31.3 Å². The summed E-state index contributed by atoms with van der Waals surface area (Å²) < 4.78 is 10.7. The van der Waals surface area contributed by atoms with Crippen molar-refractivity contribution in [1.82, 2.24) is 5.32 Å². The Bertz CT molecular complexity index is 447. The highest BCUT2D eigenvalue weighted by Gasteiger charge is 2.20. The summed E-state index contributed by atoms with van der Waals surface area (Å²) in [6.45, 7) is 4.64. The van der Waals surface area contributed by atoms with Crippen molar-refractivity contribution in [3.05, 3.63) is 23.8 Å². The van der Waals surface area contributed by atoms with Crippen molar-refractivity contribution in [2.45, 2.75) is 58.0 Å². The molecule has 1 aliphatic rings. The van der Waals surface area contributed by atoms with Gasteiger partial charge < -0.3 is 14.8 Å². The molecule has 1 aliphatic carbocycles. The van der Waals surface area contributed by atoms with Gasteiger partial charge in [0.15, 0.2) is 11.5 Å². The van der Waals surface area contributed by atoms with Crippen molar-refractivity contribution < 1.29 is 9.47 Å². The van der Waals surface area contributed by atoms with Crippen molar-refractivity contribution in [1.29, 1.82) is 0 Å². The Kier molecular flexibility index (Phi) is 5.92.